The number of anilines is 3. The Kier molecular flexibility index (Phi) is 2.43. The highest BCUT2D eigenvalue weighted by Gasteiger charge is 2.02. The third-order valence-corrected chi connectivity index (χ3v) is 2.24. The monoisotopic (exact) mass is 263 g/mol. The molecule has 60 valence electrons. The van der Waals surface area contributed by atoms with E-state index in [-0.39, 0.29) is 0 Å². The summed E-state index contributed by atoms with van der Waals surface area (Å²) in [6.07, 6.45) is 0. The first kappa shape index (κ1) is 8.45. The number of hydrogen-bond acceptors (Lipinski definition) is 3. The zero-order valence-corrected chi connectivity index (χ0v) is 8.13. The van der Waals surface area contributed by atoms with E-state index in [1.807, 2.05) is 0 Å². The second kappa shape index (κ2) is 3.17. The highest BCUT2D eigenvalue weighted by molar-refractivity contribution is 14.1. The predicted molar refractivity (Wildman–Crippen MR) is 57.4 cm³/mol. The van der Waals surface area contributed by atoms with E-state index in [4.69, 9.17) is 17.2 Å². The number of hydrogen-bond donors (Lipinski definition) is 3. The number of nitrogen functional groups attached to an aromatic ring is 3. The van der Waals surface area contributed by atoms with Crippen molar-refractivity contribution in [2.45, 2.75) is 4.43 Å². The Morgan fingerprint density at radius 2 is 1.55 bits per heavy atom. The van der Waals surface area contributed by atoms with Crippen LogP contribution in [-0.4, -0.2) is 0 Å². The Hall–Kier alpha value is -0.650. The standard InChI is InChI=1S/C7H10IN3/c8-3-5-6(10)1-4(9)2-7(5)11/h1-2H,3,9-11H2. The second-order valence-corrected chi connectivity index (χ2v) is 3.07. The number of rotatable bonds is 1. The molecular formula is C7H10IN3. The summed E-state index contributed by atoms with van der Waals surface area (Å²) in [6.45, 7) is 0. The molecule has 0 aliphatic carbocycles. The van der Waals surface area contributed by atoms with Gasteiger partial charge in [-0.2, -0.15) is 0 Å². The van der Waals surface area contributed by atoms with Crippen molar-refractivity contribution in [3.8, 4) is 0 Å². The molecule has 0 heterocycles. The quantitative estimate of drug-likeness (QED) is 0.406. The third-order valence-electron chi connectivity index (χ3n) is 1.47. The molecule has 0 saturated heterocycles. The van der Waals surface area contributed by atoms with Gasteiger partial charge in [-0.15, -0.1) is 0 Å². The summed E-state index contributed by atoms with van der Waals surface area (Å²) in [5.74, 6) is 0. The molecule has 0 radical (unpaired) electrons. The van der Waals surface area contributed by atoms with Crippen molar-refractivity contribution in [2.75, 3.05) is 17.2 Å². The average molecular weight is 263 g/mol. The zero-order valence-electron chi connectivity index (χ0n) is 5.97. The van der Waals surface area contributed by atoms with Crippen LogP contribution >= 0.6 is 22.6 Å². The summed E-state index contributed by atoms with van der Waals surface area (Å²) >= 11 is 2.22. The molecule has 0 aliphatic rings. The van der Waals surface area contributed by atoms with Crippen LogP contribution in [0.5, 0.6) is 0 Å². The van der Waals surface area contributed by atoms with Gasteiger partial charge >= 0.3 is 0 Å². The van der Waals surface area contributed by atoms with Crippen LogP contribution in [0, 0.1) is 0 Å². The van der Waals surface area contributed by atoms with Gasteiger partial charge in [0.2, 0.25) is 0 Å². The molecule has 1 aromatic rings. The van der Waals surface area contributed by atoms with Crippen molar-refractivity contribution in [3.63, 3.8) is 0 Å². The molecule has 0 unspecified atom stereocenters. The van der Waals surface area contributed by atoms with Gasteiger partial charge in [0.1, 0.15) is 0 Å². The summed E-state index contributed by atoms with van der Waals surface area (Å²) < 4.78 is 0.815. The largest absolute Gasteiger partial charge is 0.399 e. The van der Waals surface area contributed by atoms with E-state index in [0.29, 0.717) is 17.1 Å². The minimum absolute atomic E-state index is 0.619. The lowest BCUT2D eigenvalue weighted by Crippen LogP contribution is -2.00. The van der Waals surface area contributed by atoms with Crippen LogP contribution in [0.1, 0.15) is 5.56 Å². The van der Waals surface area contributed by atoms with Crippen LogP contribution in [0.25, 0.3) is 0 Å². The van der Waals surface area contributed by atoms with E-state index in [9.17, 15) is 0 Å². The third kappa shape index (κ3) is 1.68. The maximum Gasteiger partial charge on any atom is 0.0395 e. The molecule has 4 heteroatoms. The van der Waals surface area contributed by atoms with Crippen molar-refractivity contribution in [3.05, 3.63) is 17.7 Å². The van der Waals surface area contributed by atoms with Gasteiger partial charge in [0.25, 0.3) is 0 Å². The fraction of sp³-hybridized carbons (Fsp3) is 0.143. The number of benzene rings is 1. The van der Waals surface area contributed by atoms with E-state index in [0.717, 1.165) is 9.99 Å². The van der Waals surface area contributed by atoms with Crippen molar-refractivity contribution < 1.29 is 0 Å². The summed E-state index contributed by atoms with van der Waals surface area (Å²) in [7, 11) is 0. The van der Waals surface area contributed by atoms with Crippen LogP contribution in [0.15, 0.2) is 12.1 Å². The van der Waals surface area contributed by atoms with E-state index >= 15 is 0 Å². The molecule has 0 aliphatic heterocycles. The summed E-state index contributed by atoms with van der Waals surface area (Å²) in [6, 6.07) is 3.45. The first-order chi connectivity index (χ1) is 5.15. The van der Waals surface area contributed by atoms with Gasteiger partial charge < -0.3 is 17.2 Å². The molecule has 1 aromatic carbocycles. The van der Waals surface area contributed by atoms with Gasteiger partial charge in [0, 0.05) is 27.1 Å². The first-order valence-electron chi connectivity index (χ1n) is 3.14. The van der Waals surface area contributed by atoms with Gasteiger partial charge in [0.05, 0.1) is 0 Å². The first-order valence-corrected chi connectivity index (χ1v) is 4.67. The maximum absolute atomic E-state index is 5.67. The number of alkyl halides is 1. The highest BCUT2D eigenvalue weighted by Crippen LogP contribution is 2.25. The van der Waals surface area contributed by atoms with E-state index in [1.54, 1.807) is 12.1 Å². The molecule has 3 nitrogen and oxygen atoms in total. The fourth-order valence-electron chi connectivity index (χ4n) is 0.896. The molecule has 0 fully saturated rings. The molecule has 11 heavy (non-hydrogen) atoms. The number of halogens is 1. The molecule has 6 N–H and O–H groups in total. The summed E-state index contributed by atoms with van der Waals surface area (Å²) in [5, 5.41) is 0. The van der Waals surface area contributed by atoms with Gasteiger partial charge in [-0.1, -0.05) is 22.6 Å². The van der Waals surface area contributed by atoms with Gasteiger partial charge in [-0.05, 0) is 12.1 Å². The summed E-state index contributed by atoms with van der Waals surface area (Å²) in [5.41, 5.74) is 19.8. The average Bonchev–Trinajstić information content (AvgIpc) is 1.85. The topological polar surface area (TPSA) is 78.1 Å². The van der Waals surface area contributed by atoms with Crippen molar-refractivity contribution in [2.24, 2.45) is 0 Å². The van der Waals surface area contributed by atoms with Crippen LogP contribution < -0.4 is 17.2 Å². The predicted octanol–water partition coefficient (Wildman–Crippen LogP) is 1.37. The smallest absolute Gasteiger partial charge is 0.0395 e. The van der Waals surface area contributed by atoms with Gasteiger partial charge in [-0.3, -0.25) is 0 Å². The van der Waals surface area contributed by atoms with E-state index < -0.39 is 0 Å². The number of nitrogens with two attached hydrogens (primary N) is 3. The zero-order chi connectivity index (χ0) is 8.43. The molecule has 1 rings (SSSR count). The van der Waals surface area contributed by atoms with E-state index in [2.05, 4.69) is 22.6 Å². The van der Waals surface area contributed by atoms with Crippen LogP contribution in [0.2, 0.25) is 0 Å². The Morgan fingerprint density at radius 1 is 1.09 bits per heavy atom. The Balaban J connectivity index is 3.25. The Bertz CT molecular complexity index is 249. The lowest BCUT2D eigenvalue weighted by molar-refractivity contribution is 1.46. The van der Waals surface area contributed by atoms with E-state index in [1.165, 1.54) is 0 Å². The minimum atomic E-state index is 0.619. The minimum Gasteiger partial charge on any atom is -0.399 e. The Labute approximate surface area is 79.1 Å². The normalized spacial score (nSPS) is 9.91. The molecule has 0 bridgehead atoms. The van der Waals surface area contributed by atoms with Crippen LogP contribution in [-0.2, 0) is 4.43 Å². The lowest BCUT2D eigenvalue weighted by Gasteiger charge is -2.06. The van der Waals surface area contributed by atoms with Gasteiger partial charge in [-0.25, -0.2) is 0 Å². The van der Waals surface area contributed by atoms with Crippen LogP contribution in [0.4, 0.5) is 17.1 Å². The molecule has 0 atom stereocenters. The van der Waals surface area contributed by atoms with Crippen molar-refractivity contribution in [1.29, 1.82) is 0 Å². The van der Waals surface area contributed by atoms with Crippen molar-refractivity contribution in [1.82, 2.24) is 0 Å². The van der Waals surface area contributed by atoms with Gasteiger partial charge in [0.15, 0.2) is 0 Å². The Morgan fingerprint density at radius 3 is 1.91 bits per heavy atom. The maximum atomic E-state index is 5.67. The molecule has 0 aromatic heterocycles. The van der Waals surface area contributed by atoms with Crippen LogP contribution in [0.3, 0.4) is 0 Å². The lowest BCUT2D eigenvalue weighted by atomic mass is 10.1. The second-order valence-electron chi connectivity index (χ2n) is 2.31. The molecular weight excluding hydrogens is 253 g/mol. The highest BCUT2D eigenvalue weighted by atomic mass is 127. The summed E-state index contributed by atoms with van der Waals surface area (Å²) in [4.78, 5) is 0. The SMILES string of the molecule is Nc1cc(N)c(CI)c(N)c1. The molecule has 0 spiro atoms. The fourth-order valence-corrected chi connectivity index (χ4v) is 1.78. The van der Waals surface area contributed by atoms with Crippen molar-refractivity contribution >= 4 is 39.7 Å². The molecule has 0 amide bonds. The molecule has 0 saturated carbocycles.